The van der Waals surface area contributed by atoms with Crippen LogP contribution in [0.3, 0.4) is 0 Å². The van der Waals surface area contributed by atoms with Gasteiger partial charge in [0.15, 0.2) is 0 Å². The second-order valence-electron chi connectivity index (χ2n) is 5.42. The Hall–Kier alpha value is -0.130. The maximum Gasteiger partial charge on any atom is 0.0304 e. The molecule has 1 aromatic rings. The molecule has 0 amide bonds. The normalized spacial score (nSPS) is 33.6. The molecule has 1 aliphatic heterocycles. The fourth-order valence-electron chi connectivity index (χ4n) is 3.00. The molecule has 2 rings (SSSR count). The average molecular weight is 358 g/mol. The SMILES string of the molecule is CC1CC(CN)C(I)C(C)N1Cc1ccccc1. The quantitative estimate of drug-likeness (QED) is 0.665. The predicted octanol–water partition coefficient (Wildman–Crippen LogP) is 3.05. The monoisotopic (exact) mass is 358 g/mol. The first kappa shape index (κ1) is 14.3. The highest BCUT2D eigenvalue weighted by molar-refractivity contribution is 14.1. The van der Waals surface area contributed by atoms with Gasteiger partial charge in [-0.2, -0.15) is 0 Å². The second-order valence-corrected chi connectivity index (χ2v) is 6.86. The number of benzene rings is 1. The minimum absolute atomic E-state index is 0.600. The van der Waals surface area contributed by atoms with Crippen LogP contribution < -0.4 is 5.73 Å². The van der Waals surface area contributed by atoms with Gasteiger partial charge >= 0.3 is 0 Å². The van der Waals surface area contributed by atoms with Crippen molar-refractivity contribution in [2.75, 3.05) is 6.54 Å². The minimum atomic E-state index is 0.600. The number of halogens is 1. The Morgan fingerprint density at radius 1 is 1.28 bits per heavy atom. The summed E-state index contributed by atoms with van der Waals surface area (Å²) in [5, 5.41) is 0. The van der Waals surface area contributed by atoms with Crippen LogP contribution >= 0.6 is 22.6 Å². The van der Waals surface area contributed by atoms with E-state index in [2.05, 4.69) is 71.7 Å². The molecule has 2 nitrogen and oxygen atoms in total. The summed E-state index contributed by atoms with van der Waals surface area (Å²) < 4.78 is 0.660. The van der Waals surface area contributed by atoms with Crippen LogP contribution in [0.15, 0.2) is 30.3 Å². The molecule has 0 aliphatic carbocycles. The van der Waals surface area contributed by atoms with Crippen LogP contribution in [0.5, 0.6) is 0 Å². The van der Waals surface area contributed by atoms with Crippen LogP contribution in [0.2, 0.25) is 0 Å². The molecule has 4 atom stereocenters. The van der Waals surface area contributed by atoms with Gasteiger partial charge in [0.2, 0.25) is 0 Å². The zero-order chi connectivity index (χ0) is 13.1. The van der Waals surface area contributed by atoms with Gasteiger partial charge in [-0.3, -0.25) is 4.90 Å². The largest absolute Gasteiger partial charge is 0.330 e. The minimum Gasteiger partial charge on any atom is -0.330 e. The lowest BCUT2D eigenvalue weighted by molar-refractivity contribution is 0.0758. The number of hydrogen-bond donors (Lipinski definition) is 1. The number of hydrogen-bond acceptors (Lipinski definition) is 2. The predicted molar refractivity (Wildman–Crippen MR) is 85.9 cm³/mol. The number of likely N-dealkylation sites (tertiary alicyclic amines) is 1. The lowest BCUT2D eigenvalue weighted by atomic mass is 9.87. The van der Waals surface area contributed by atoms with Gasteiger partial charge in [0.1, 0.15) is 0 Å². The molecule has 3 heteroatoms. The average Bonchev–Trinajstić information content (AvgIpc) is 2.40. The molecule has 1 aliphatic rings. The first-order chi connectivity index (χ1) is 8.63. The van der Waals surface area contributed by atoms with Gasteiger partial charge in [0.25, 0.3) is 0 Å². The van der Waals surface area contributed by atoms with E-state index in [-0.39, 0.29) is 0 Å². The standard InChI is InChI=1S/C15H23IN2/c1-11-8-14(9-17)15(16)12(2)18(11)10-13-6-4-3-5-7-13/h3-7,11-12,14-15H,8-10,17H2,1-2H3. The Morgan fingerprint density at radius 3 is 2.56 bits per heavy atom. The van der Waals surface area contributed by atoms with Gasteiger partial charge in [-0.25, -0.2) is 0 Å². The van der Waals surface area contributed by atoms with Gasteiger partial charge in [0, 0.05) is 22.6 Å². The van der Waals surface area contributed by atoms with Gasteiger partial charge in [-0.05, 0) is 38.3 Å². The Balaban J connectivity index is 2.08. The van der Waals surface area contributed by atoms with Crippen molar-refractivity contribution in [3.63, 3.8) is 0 Å². The first-order valence-electron chi connectivity index (χ1n) is 6.77. The maximum atomic E-state index is 5.89. The number of nitrogens with two attached hydrogens (primary N) is 1. The first-order valence-corrected chi connectivity index (χ1v) is 8.02. The van der Waals surface area contributed by atoms with Gasteiger partial charge in [-0.1, -0.05) is 52.9 Å². The molecular formula is C15H23IN2. The van der Waals surface area contributed by atoms with E-state index < -0.39 is 0 Å². The van der Waals surface area contributed by atoms with Crippen LogP contribution in [-0.2, 0) is 6.54 Å². The molecule has 1 saturated heterocycles. The van der Waals surface area contributed by atoms with Gasteiger partial charge in [0.05, 0.1) is 0 Å². The molecule has 0 saturated carbocycles. The highest BCUT2D eigenvalue weighted by Gasteiger charge is 2.36. The smallest absolute Gasteiger partial charge is 0.0304 e. The van der Waals surface area contributed by atoms with Crippen molar-refractivity contribution < 1.29 is 0 Å². The van der Waals surface area contributed by atoms with Crippen LogP contribution in [0, 0.1) is 5.92 Å². The van der Waals surface area contributed by atoms with Crippen molar-refractivity contribution in [1.82, 2.24) is 4.90 Å². The van der Waals surface area contributed by atoms with Crippen molar-refractivity contribution in [3.8, 4) is 0 Å². The Morgan fingerprint density at radius 2 is 1.94 bits per heavy atom. The lowest BCUT2D eigenvalue weighted by Crippen LogP contribution is -2.53. The number of rotatable bonds is 3. The molecule has 1 fully saturated rings. The van der Waals surface area contributed by atoms with Crippen molar-refractivity contribution in [2.24, 2.45) is 11.7 Å². The van der Waals surface area contributed by atoms with E-state index in [9.17, 15) is 0 Å². The molecule has 18 heavy (non-hydrogen) atoms. The molecule has 0 radical (unpaired) electrons. The second kappa shape index (κ2) is 6.35. The summed E-state index contributed by atoms with van der Waals surface area (Å²) in [4.78, 5) is 2.62. The molecule has 4 unspecified atom stereocenters. The number of piperidine rings is 1. The zero-order valence-corrected chi connectivity index (χ0v) is 13.4. The molecule has 0 spiro atoms. The molecular weight excluding hydrogens is 335 g/mol. The molecule has 2 N–H and O–H groups in total. The topological polar surface area (TPSA) is 29.3 Å². The summed E-state index contributed by atoms with van der Waals surface area (Å²) in [6.45, 7) is 6.56. The fraction of sp³-hybridized carbons (Fsp3) is 0.600. The molecule has 1 heterocycles. The van der Waals surface area contributed by atoms with Crippen molar-refractivity contribution in [1.29, 1.82) is 0 Å². The van der Waals surface area contributed by atoms with E-state index in [1.165, 1.54) is 12.0 Å². The molecule has 100 valence electrons. The summed E-state index contributed by atoms with van der Waals surface area (Å²) in [5.74, 6) is 0.669. The maximum absolute atomic E-state index is 5.89. The van der Waals surface area contributed by atoms with E-state index in [1.807, 2.05) is 0 Å². The van der Waals surface area contributed by atoms with E-state index in [0.717, 1.165) is 13.1 Å². The number of nitrogens with zero attached hydrogens (tertiary/aromatic N) is 1. The highest BCUT2D eigenvalue weighted by Crippen LogP contribution is 2.33. The van der Waals surface area contributed by atoms with Crippen molar-refractivity contribution in [3.05, 3.63) is 35.9 Å². The fourth-order valence-corrected chi connectivity index (χ4v) is 4.00. The van der Waals surface area contributed by atoms with Crippen LogP contribution in [0.4, 0.5) is 0 Å². The highest BCUT2D eigenvalue weighted by atomic mass is 127. The van der Waals surface area contributed by atoms with Gasteiger partial charge < -0.3 is 5.73 Å². The summed E-state index contributed by atoms with van der Waals surface area (Å²) in [6.07, 6.45) is 1.22. The Kier molecular flexibility index (Phi) is 5.04. The summed E-state index contributed by atoms with van der Waals surface area (Å²) in [6, 6.07) is 12.0. The summed E-state index contributed by atoms with van der Waals surface area (Å²) in [5.41, 5.74) is 7.30. The molecule has 0 bridgehead atoms. The van der Waals surface area contributed by atoms with E-state index in [4.69, 9.17) is 5.73 Å². The van der Waals surface area contributed by atoms with Crippen LogP contribution in [0.25, 0.3) is 0 Å². The Bertz CT molecular complexity index is 368. The van der Waals surface area contributed by atoms with Crippen LogP contribution in [-0.4, -0.2) is 27.5 Å². The lowest BCUT2D eigenvalue weighted by Gasteiger charge is -2.46. The Labute approximate surface area is 124 Å². The third kappa shape index (κ3) is 3.06. The van der Waals surface area contributed by atoms with E-state index in [1.54, 1.807) is 0 Å². The third-order valence-corrected chi connectivity index (χ3v) is 6.21. The van der Waals surface area contributed by atoms with E-state index in [0.29, 0.717) is 21.9 Å². The third-order valence-electron chi connectivity index (χ3n) is 4.16. The zero-order valence-electron chi connectivity index (χ0n) is 11.2. The molecule has 0 aromatic heterocycles. The van der Waals surface area contributed by atoms with Crippen molar-refractivity contribution in [2.45, 2.75) is 42.8 Å². The molecule has 1 aromatic carbocycles. The summed E-state index contributed by atoms with van der Waals surface area (Å²) in [7, 11) is 0. The number of alkyl halides is 1. The van der Waals surface area contributed by atoms with E-state index >= 15 is 0 Å². The van der Waals surface area contributed by atoms with Crippen LogP contribution in [0.1, 0.15) is 25.8 Å². The summed E-state index contributed by atoms with van der Waals surface area (Å²) >= 11 is 2.59. The van der Waals surface area contributed by atoms with Gasteiger partial charge in [-0.15, -0.1) is 0 Å². The van der Waals surface area contributed by atoms with Crippen molar-refractivity contribution >= 4 is 22.6 Å².